The zero-order valence-electron chi connectivity index (χ0n) is 12.6. The molecule has 0 spiro atoms. The summed E-state index contributed by atoms with van der Waals surface area (Å²) in [7, 11) is 0. The average molecular weight is 286 g/mol. The number of benzene rings is 1. The number of rotatable bonds is 4. The molecule has 2 rings (SSSR count). The van der Waals surface area contributed by atoms with Gasteiger partial charge >= 0.3 is 0 Å². The molecule has 0 N–H and O–H groups in total. The number of pyridine rings is 1. The van der Waals surface area contributed by atoms with Crippen molar-refractivity contribution in [2.45, 2.75) is 27.3 Å². The largest absolute Gasteiger partial charge is 0.333 e. The minimum atomic E-state index is -0.296. The molecule has 0 radical (unpaired) electrons. The van der Waals surface area contributed by atoms with E-state index in [0.29, 0.717) is 24.2 Å². The lowest BCUT2D eigenvalue weighted by molar-refractivity contribution is 0.0750. The Morgan fingerprint density at radius 3 is 2.62 bits per heavy atom. The standard InChI is InChI=1S/C17H19FN2O/c1-4-20(11-15-7-5-6-13(3)19-15)17(21)14-8-9-16(18)12(2)10-14/h5-10H,4,11H2,1-3H3. The molecule has 3 nitrogen and oxygen atoms in total. The van der Waals surface area contributed by atoms with Crippen molar-refractivity contribution in [1.29, 1.82) is 0 Å². The number of hydrogen-bond donors (Lipinski definition) is 0. The summed E-state index contributed by atoms with van der Waals surface area (Å²) >= 11 is 0. The van der Waals surface area contributed by atoms with Gasteiger partial charge in [-0.3, -0.25) is 9.78 Å². The summed E-state index contributed by atoms with van der Waals surface area (Å²) in [5.41, 5.74) is 2.76. The van der Waals surface area contributed by atoms with Crippen LogP contribution in [-0.4, -0.2) is 22.3 Å². The molecule has 1 aromatic carbocycles. The predicted molar refractivity (Wildman–Crippen MR) is 80.5 cm³/mol. The normalized spacial score (nSPS) is 10.5. The first-order valence-corrected chi connectivity index (χ1v) is 6.99. The maximum atomic E-state index is 13.3. The van der Waals surface area contributed by atoms with Crippen molar-refractivity contribution in [1.82, 2.24) is 9.88 Å². The van der Waals surface area contributed by atoms with Crippen LogP contribution in [0.3, 0.4) is 0 Å². The van der Waals surface area contributed by atoms with Crippen molar-refractivity contribution in [3.63, 3.8) is 0 Å². The number of aryl methyl sites for hydroxylation is 2. The molecule has 0 fully saturated rings. The fraction of sp³-hybridized carbons (Fsp3) is 0.294. The molecule has 1 amide bonds. The molecule has 1 heterocycles. The minimum absolute atomic E-state index is 0.107. The van der Waals surface area contributed by atoms with Gasteiger partial charge in [-0.05, 0) is 56.7 Å². The van der Waals surface area contributed by atoms with Gasteiger partial charge in [0, 0.05) is 17.8 Å². The lowest BCUT2D eigenvalue weighted by Crippen LogP contribution is -2.30. The van der Waals surface area contributed by atoms with Crippen molar-refractivity contribution >= 4 is 5.91 Å². The quantitative estimate of drug-likeness (QED) is 0.862. The topological polar surface area (TPSA) is 33.2 Å². The maximum Gasteiger partial charge on any atom is 0.254 e. The first-order valence-electron chi connectivity index (χ1n) is 6.99. The molecule has 0 aliphatic rings. The van der Waals surface area contributed by atoms with E-state index in [2.05, 4.69) is 4.98 Å². The average Bonchev–Trinajstić information content (AvgIpc) is 2.47. The lowest BCUT2D eigenvalue weighted by Gasteiger charge is -2.21. The molecule has 2 aromatic rings. The van der Waals surface area contributed by atoms with Crippen molar-refractivity contribution in [3.8, 4) is 0 Å². The summed E-state index contributed by atoms with van der Waals surface area (Å²) in [6.07, 6.45) is 0. The Labute approximate surface area is 124 Å². The minimum Gasteiger partial charge on any atom is -0.333 e. The molecule has 0 bridgehead atoms. The van der Waals surface area contributed by atoms with Gasteiger partial charge in [-0.2, -0.15) is 0 Å². The number of carbonyl (C=O) groups excluding carboxylic acids is 1. The van der Waals surface area contributed by atoms with Gasteiger partial charge in [0.2, 0.25) is 0 Å². The third-order valence-electron chi connectivity index (χ3n) is 3.37. The summed E-state index contributed by atoms with van der Waals surface area (Å²) in [6.45, 7) is 6.53. The highest BCUT2D eigenvalue weighted by Crippen LogP contribution is 2.13. The summed E-state index contributed by atoms with van der Waals surface area (Å²) in [4.78, 5) is 18.6. The summed E-state index contributed by atoms with van der Waals surface area (Å²) in [5.74, 6) is -0.404. The smallest absolute Gasteiger partial charge is 0.254 e. The van der Waals surface area contributed by atoms with Crippen LogP contribution in [0.5, 0.6) is 0 Å². The molecular formula is C17H19FN2O. The highest BCUT2D eigenvalue weighted by Gasteiger charge is 2.16. The molecule has 21 heavy (non-hydrogen) atoms. The van der Waals surface area contributed by atoms with Crippen LogP contribution >= 0.6 is 0 Å². The van der Waals surface area contributed by atoms with Gasteiger partial charge in [-0.15, -0.1) is 0 Å². The van der Waals surface area contributed by atoms with E-state index < -0.39 is 0 Å². The first-order chi connectivity index (χ1) is 10.0. The molecule has 1 aromatic heterocycles. The van der Waals surface area contributed by atoms with Gasteiger partial charge in [-0.1, -0.05) is 6.07 Å². The molecule has 4 heteroatoms. The van der Waals surface area contributed by atoms with E-state index in [-0.39, 0.29) is 11.7 Å². The Hall–Kier alpha value is -2.23. The Morgan fingerprint density at radius 2 is 2.00 bits per heavy atom. The van der Waals surface area contributed by atoms with Gasteiger partial charge in [0.1, 0.15) is 5.82 Å². The van der Waals surface area contributed by atoms with Crippen LogP contribution < -0.4 is 0 Å². The molecule has 0 aliphatic carbocycles. The second kappa shape index (κ2) is 6.48. The van der Waals surface area contributed by atoms with Crippen LogP contribution in [0.25, 0.3) is 0 Å². The van der Waals surface area contributed by atoms with Crippen LogP contribution in [-0.2, 0) is 6.54 Å². The SMILES string of the molecule is CCN(Cc1cccc(C)n1)C(=O)c1ccc(F)c(C)c1. The number of aromatic nitrogens is 1. The van der Waals surface area contributed by atoms with Gasteiger partial charge in [0.15, 0.2) is 0 Å². The first kappa shape index (κ1) is 15.2. The van der Waals surface area contributed by atoms with Crippen molar-refractivity contribution in [2.75, 3.05) is 6.54 Å². The molecule has 0 saturated heterocycles. The number of hydrogen-bond acceptors (Lipinski definition) is 2. The molecule has 0 atom stereocenters. The van der Waals surface area contributed by atoms with Crippen LogP contribution in [0.2, 0.25) is 0 Å². The second-order valence-corrected chi connectivity index (χ2v) is 5.05. The van der Waals surface area contributed by atoms with Crippen LogP contribution in [0.15, 0.2) is 36.4 Å². The highest BCUT2D eigenvalue weighted by atomic mass is 19.1. The van der Waals surface area contributed by atoms with E-state index in [9.17, 15) is 9.18 Å². The van der Waals surface area contributed by atoms with Crippen LogP contribution in [0.1, 0.15) is 34.2 Å². The summed E-state index contributed by atoms with van der Waals surface area (Å²) in [5, 5.41) is 0. The molecule has 0 saturated carbocycles. The number of nitrogens with zero attached hydrogens (tertiary/aromatic N) is 2. The van der Waals surface area contributed by atoms with E-state index in [1.165, 1.54) is 12.1 Å². The number of amides is 1. The molecule has 110 valence electrons. The Morgan fingerprint density at radius 1 is 1.24 bits per heavy atom. The van der Waals surface area contributed by atoms with E-state index in [0.717, 1.165) is 11.4 Å². The highest BCUT2D eigenvalue weighted by molar-refractivity contribution is 5.94. The van der Waals surface area contributed by atoms with Crippen molar-refractivity contribution in [3.05, 3.63) is 64.7 Å². The maximum absolute atomic E-state index is 13.3. The second-order valence-electron chi connectivity index (χ2n) is 5.05. The number of halogens is 1. The fourth-order valence-electron chi connectivity index (χ4n) is 2.17. The monoisotopic (exact) mass is 286 g/mol. The van der Waals surface area contributed by atoms with Gasteiger partial charge in [-0.25, -0.2) is 4.39 Å². The Kier molecular flexibility index (Phi) is 4.68. The Balaban J connectivity index is 2.20. The molecule has 0 aliphatic heterocycles. The van der Waals surface area contributed by atoms with E-state index >= 15 is 0 Å². The third kappa shape index (κ3) is 3.66. The summed E-state index contributed by atoms with van der Waals surface area (Å²) in [6, 6.07) is 10.2. The lowest BCUT2D eigenvalue weighted by atomic mass is 10.1. The van der Waals surface area contributed by atoms with Crippen molar-refractivity contribution in [2.24, 2.45) is 0 Å². The molecular weight excluding hydrogens is 267 g/mol. The van der Waals surface area contributed by atoms with Gasteiger partial charge < -0.3 is 4.90 Å². The third-order valence-corrected chi connectivity index (χ3v) is 3.37. The number of carbonyl (C=O) groups is 1. The van der Waals surface area contributed by atoms with Crippen molar-refractivity contribution < 1.29 is 9.18 Å². The van der Waals surface area contributed by atoms with E-state index in [1.807, 2.05) is 32.0 Å². The van der Waals surface area contributed by atoms with Crippen LogP contribution in [0, 0.1) is 19.7 Å². The van der Waals surface area contributed by atoms with Crippen LogP contribution in [0.4, 0.5) is 4.39 Å². The predicted octanol–water partition coefficient (Wildman–Crippen LogP) is 3.50. The molecule has 0 unspecified atom stereocenters. The summed E-state index contributed by atoms with van der Waals surface area (Å²) < 4.78 is 13.3. The van der Waals surface area contributed by atoms with Gasteiger partial charge in [0.05, 0.1) is 12.2 Å². The zero-order valence-corrected chi connectivity index (χ0v) is 12.6. The Bertz CT molecular complexity index is 655. The van der Waals surface area contributed by atoms with Gasteiger partial charge in [0.25, 0.3) is 5.91 Å². The zero-order chi connectivity index (χ0) is 15.4. The van der Waals surface area contributed by atoms with E-state index in [4.69, 9.17) is 0 Å². The van der Waals surface area contributed by atoms with E-state index in [1.54, 1.807) is 17.9 Å². The fourth-order valence-corrected chi connectivity index (χ4v) is 2.17.